The number of hydrogen-bond donors (Lipinski definition) is 0. The van der Waals surface area contributed by atoms with Crippen LogP contribution in [0.5, 0.6) is 5.75 Å². The zero-order valence-corrected chi connectivity index (χ0v) is 18.3. The normalized spacial score (nSPS) is 13.3. The summed E-state index contributed by atoms with van der Waals surface area (Å²) < 4.78 is 5.93. The van der Waals surface area contributed by atoms with E-state index in [1.165, 1.54) is 11.1 Å². The summed E-state index contributed by atoms with van der Waals surface area (Å²) in [5.74, 6) is 0.833. The molecule has 2 atom stereocenters. The minimum Gasteiger partial charge on any atom is -0.492 e. The summed E-state index contributed by atoms with van der Waals surface area (Å²) >= 11 is 9.75. The molecular weight excluding hydrogens is 434 g/mol. The fourth-order valence-electron chi connectivity index (χ4n) is 3.14. The Morgan fingerprint density at radius 1 is 0.893 bits per heavy atom. The van der Waals surface area contributed by atoms with E-state index in [9.17, 15) is 0 Å². The average molecular weight is 459 g/mol. The molecule has 0 saturated carbocycles. The standard InChI is InChI=1S/C24H25BrClNO/c1-19(21-10-6-3-7-11-21)27(16-20-8-4-2-5-9-20)17-22(25)18-28-24-14-12-23(26)13-15-24/h2-15,19,22H,16-18H2,1H3/t19-,22-/m1/s1. The topological polar surface area (TPSA) is 12.5 Å². The molecule has 0 aliphatic heterocycles. The molecule has 0 aliphatic rings. The van der Waals surface area contributed by atoms with Crippen LogP contribution >= 0.6 is 27.5 Å². The zero-order chi connectivity index (χ0) is 19.8. The molecule has 0 spiro atoms. The summed E-state index contributed by atoms with van der Waals surface area (Å²) in [4.78, 5) is 2.69. The van der Waals surface area contributed by atoms with Crippen LogP contribution in [0, 0.1) is 0 Å². The highest BCUT2D eigenvalue weighted by atomic mass is 79.9. The molecule has 0 amide bonds. The molecule has 3 aromatic carbocycles. The first kappa shape index (κ1) is 20.9. The van der Waals surface area contributed by atoms with Gasteiger partial charge in [-0.2, -0.15) is 0 Å². The summed E-state index contributed by atoms with van der Waals surface area (Å²) in [6, 6.07) is 29.0. The minimum absolute atomic E-state index is 0.207. The monoisotopic (exact) mass is 457 g/mol. The largest absolute Gasteiger partial charge is 0.492 e. The van der Waals surface area contributed by atoms with Gasteiger partial charge in [0.2, 0.25) is 0 Å². The molecule has 0 radical (unpaired) electrons. The third-order valence-corrected chi connectivity index (χ3v) is 5.54. The van der Waals surface area contributed by atoms with E-state index in [1.54, 1.807) is 0 Å². The Morgan fingerprint density at radius 3 is 2.14 bits per heavy atom. The van der Waals surface area contributed by atoms with Crippen LogP contribution in [0.1, 0.15) is 24.1 Å². The van der Waals surface area contributed by atoms with Crippen LogP contribution in [0.3, 0.4) is 0 Å². The zero-order valence-electron chi connectivity index (χ0n) is 16.0. The van der Waals surface area contributed by atoms with E-state index in [0.29, 0.717) is 17.7 Å². The summed E-state index contributed by atoms with van der Waals surface area (Å²) in [6.45, 7) is 4.62. The molecule has 0 N–H and O–H groups in total. The van der Waals surface area contributed by atoms with Crippen molar-refractivity contribution in [3.63, 3.8) is 0 Å². The number of nitrogens with zero attached hydrogens (tertiary/aromatic N) is 1. The lowest BCUT2D eigenvalue weighted by Crippen LogP contribution is -2.34. The first-order valence-electron chi connectivity index (χ1n) is 9.47. The van der Waals surface area contributed by atoms with E-state index >= 15 is 0 Å². The first-order chi connectivity index (χ1) is 13.6. The summed E-state index contributed by atoms with van der Waals surface area (Å²) in [5.41, 5.74) is 2.63. The van der Waals surface area contributed by atoms with Crippen LogP contribution in [0.4, 0.5) is 0 Å². The average Bonchev–Trinajstić information content (AvgIpc) is 2.74. The number of hydrogen-bond acceptors (Lipinski definition) is 2. The van der Waals surface area contributed by atoms with Crippen molar-refractivity contribution in [1.29, 1.82) is 0 Å². The maximum absolute atomic E-state index is 5.94. The van der Waals surface area contributed by atoms with E-state index in [-0.39, 0.29) is 4.83 Å². The molecule has 28 heavy (non-hydrogen) atoms. The molecule has 0 fully saturated rings. The van der Waals surface area contributed by atoms with Gasteiger partial charge in [-0.1, -0.05) is 88.2 Å². The minimum atomic E-state index is 0.207. The highest BCUT2D eigenvalue weighted by molar-refractivity contribution is 9.09. The van der Waals surface area contributed by atoms with Gasteiger partial charge >= 0.3 is 0 Å². The fourth-order valence-corrected chi connectivity index (χ4v) is 3.77. The van der Waals surface area contributed by atoms with Gasteiger partial charge < -0.3 is 4.74 Å². The predicted octanol–water partition coefficient (Wildman–Crippen LogP) is 6.75. The van der Waals surface area contributed by atoms with Crippen molar-refractivity contribution in [2.24, 2.45) is 0 Å². The lowest BCUT2D eigenvalue weighted by molar-refractivity contribution is 0.187. The van der Waals surface area contributed by atoms with Crippen LogP contribution < -0.4 is 4.74 Å². The molecule has 0 aromatic heterocycles. The lowest BCUT2D eigenvalue weighted by atomic mass is 10.1. The van der Waals surface area contributed by atoms with Crippen LogP contribution in [0.2, 0.25) is 5.02 Å². The fraction of sp³-hybridized carbons (Fsp3) is 0.250. The van der Waals surface area contributed by atoms with Crippen molar-refractivity contribution in [1.82, 2.24) is 4.90 Å². The Labute approximate surface area is 181 Å². The molecule has 0 bridgehead atoms. The maximum atomic E-state index is 5.94. The molecule has 4 heteroatoms. The van der Waals surface area contributed by atoms with Gasteiger partial charge in [0.15, 0.2) is 0 Å². The van der Waals surface area contributed by atoms with Gasteiger partial charge in [-0.15, -0.1) is 0 Å². The van der Waals surface area contributed by atoms with Crippen molar-refractivity contribution < 1.29 is 4.74 Å². The van der Waals surface area contributed by atoms with E-state index in [0.717, 1.165) is 18.8 Å². The molecule has 3 aromatic rings. The van der Waals surface area contributed by atoms with Crippen molar-refractivity contribution >= 4 is 27.5 Å². The van der Waals surface area contributed by atoms with Crippen molar-refractivity contribution in [3.05, 3.63) is 101 Å². The SMILES string of the molecule is C[C@H](c1ccccc1)N(Cc1ccccc1)C[C@@H](Br)COc1ccc(Cl)cc1. The van der Waals surface area contributed by atoms with Crippen LogP contribution in [-0.4, -0.2) is 22.9 Å². The van der Waals surface area contributed by atoms with Crippen molar-refractivity contribution in [2.75, 3.05) is 13.2 Å². The molecule has 0 saturated heterocycles. The summed E-state index contributed by atoms with van der Waals surface area (Å²) in [5, 5.41) is 0.716. The third kappa shape index (κ3) is 6.37. The van der Waals surface area contributed by atoms with Crippen LogP contribution in [0.15, 0.2) is 84.9 Å². The Hall–Kier alpha value is -1.81. The molecular formula is C24H25BrClNO. The van der Waals surface area contributed by atoms with Crippen LogP contribution in [-0.2, 0) is 6.54 Å². The Kier molecular flexibility index (Phi) is 7.96. The first-order valence-corrected chi connectivity index (χ1v) is 10.8. The second-order valence-electron chi connectivity index (χ2n) is 6.86. The van der Waals surface area contributed by atoms with E-state index in [2.05, 4.69) is 88.4 Å². The Morgan fingerprint density at radius 2 is 1.50 bits per heavy atom. The van der Waals surface area contributed by atoms with Crippen LogP contribution in [0.25, 0.3) is 0 Å². The number of alkyl halides is 1. The van der Waals surface area contributed by atoms with Gasteiger partial charge in [0.25, 0.3) is 0 Å². The van der Waals surface area contributed by atoms with Crippen molar-refractivity contribution in [2.45, 2.75) is 24.3 Å². The lowest BCUT2D eigenvalue weighted by Gasteiger charge is -2.31. The second kappa shape index (κ2) is 10.7. The Bertz CT molecular complexity index is 826. The Balaban J connectivity index is 1.66. The van der Waals surface area contributed by atoms with Crippen molar-refractivity contribution in [3.8, 4) is 5.75 Å². The molecule has 2 nitrogen and oxygen atoms in total. The number of ether oxygens (including phenoxy) is 1. The molecule has 0 heterocycles. The second-order valence-corrected chi connectivity index (χ2v) is 8.60. The number of benzene rings is 3. The molecule has 3 rings (SSSR count). The van der Waals surface area contributed by atoms with Gasteiger partial charge in [0.05, 0.1) is 4.83 Å². The molecule has 0 aliphatic carbocycles. The molecule has 0 unspecified atom stereocenters. The smallest absolute Gasteiger partial charge is 0.119 e. The van der Waals surface area contributed by atoms with Gasteiger partial charge in [-0.25, -0.2) is 0 Å². The van der Waals surface area contributed by atoms with E-state index < -0.39 is 0 Å². The summed E-state index contributed by atoms with van der Waals surface area (Å²) in [6.07, 6.45) is 0. The number of halogens is 2. The maximum Gasteiger partial charge on any atom is 0.119 e. The third-order valence-electron chi connectivity index (χ3n) is 4.74. The van der Waals surface area contributed by atoms with E-state index in [4.69, 9.17) is 16.3 Å². The highest BCUT2D eigenvalue weighted by Gasteiger charge is 2.20. The number of rotatable bonds is 9. The highest BCUT2D eigenvalue weighted by Crippen LogP contribution is 2.24. The van der Waals surface area contributed by atoms with Gasteiger partial charge in [-0.3, -0.25) is 4.90 Å². The van der Waals surface area contributed by atoms with Gasteiger partial charge in [-0.05, 0) is 42.3 Å². The van der Waals surface area contributed by atoms with E-state index in [1.807, 2.05) is 24.3 Å². The summed E-state index contributed by atoms with van der Waals surface area (Å²) in [7, 11) is 0. The van der Waals surface area contributed by atoms with Gasteiger partial charge in [0.1, 0.15) is 12.4 Å². The van der Waals surface area contributed by atoms with Gasteiger partial charge in [0, 0.05) is 24.2 Å². The quantitative estimate of drug-likeness (QED) is 0.329. The molecule has 146 valence electrons. The predicted molar refractivity (Wildman–Crippen MR) is 121 cm³/mol.